The fraction of sp³-hybridized carbons (Fsp3) is 0.370. The molecule has 1 N–H and O–H groups in total. The number of halogens is 5. The van der Waals surface area contributed by atoms with Gasteiger partial charge in [-0.3, -0.25) is 0 Å². The summed E-state index contributed by atoms with van der Waals surface area (Å²) in [6, 6.07) is 5.04. The smallest absolute Gasteiger partial charge is 0.419 e. The van der Waals surface area contributed by atoms with E-state index >= 15 is 0 Å². The molecule has 0 radical (unpaired) electrons. The number of hydrogen-bond donors (Lipinski definition) is 1. The van der Waals surface area contributed by atoms with Crippen LogP contribution in [-0.2, 0) is 10.9 Å². The molecule has 6 nitrogen and oxygen atoms in total. The number of amides is 1. The number of alkyl halides is 3. The number of nitrogens with one attached hydrogen (secondary N) is 1. The second kappa shape index (κ2) is 11.3. The van der Waals surface area contributed by atoms with Crippen LogP contribution < -0.4 is 10.1 Å². The van der Waals surface area contributed by atoms with Gasteiger partial charge in [0.2, 0.25) is 0 Å². The van der Waals surface area contributed by atoms with Crippen LogP contribution in [0.1, 0.15) is 39.7 Å². The highest BCUT2D eigenvalue weighted by Crippen LogP contribution is 2.39. The molecule has 3 rings (SSSR count). The third kappa shape index (κ3) is 7.62. The Morgan fingerprint density at radius 1 is 1.08 bits per heavy atom. The first-order chi connectivity index (χ1) is 17.6. The molecule has 1 heterocycles. The first kappa shape index (κ1) is 28.8. The first-order valence-electron chi connectivity index (χ1n) is 11.7. The van der Waals surface area contributed by atoms with E-state index in [2.05, 4.69) is 21.9 Å². The highest BCUT2D eigenvalue weighted by atomic mass is 19.4. The van der Waals surface area contributed by atoms with Crippen molar-refractivity contribution in [2.75, 3.05) is 13.2 Å². The quantitative estimate of drug-likeness (QED) is 0.246. The Labute approximate surface area is 216 Å². The van der Waals surface area contributed by atoms with Crippen LogP contribution in [0.15, 0.2) is 48.8 Å². The lowest BCUT2D eigenvalue weighted by Gasteiger charge is -2.21. The summed E-state index contributed by atoms with van der Waals surface area (Å²) in [6.45, 7) is 11.1. The van der Waals surface area contributed by atoms with Crippen LogP contribution in [-0.4, -0.2) is 34.8 Å². The van der Waals surface area contributed by atoms with E-state index in [0.29, 0.717) is 12.0 Å². The van der Waals surface area contributed by atoms with Crippen LogP contribution in [0.4, 0.5) is 26.7 Å². The molecule has 0 fully saturated rings. The van der Waals surface area contributed by atoms with Gasteiger partial charge >= 0.3 is 12.3 Å². The van der Waals surface area contributed by atoms with Gasteiger partial charge in [-0.05, 0) is 62.9 Å². The number of hydrogen-bond acceptors (Lipinski definition) is 5. The van der Waals surface area contributed by atoms with Crippen LogP contribution >= 0.6 is 0 Å². The molecule has 1 amide bonds. The summed E-state index contributed by atoms with van der Waals surface area (Å²) in [7, 11) is 0. The standard InChI is InChI=1S/C27H28F5N3O3/c1-15(12-33-25(36)38-26(3,4)5)8-16(2)13-37-23-7-6-17(9-19(23)27(30,31)32)24-18-10-20(28)21(29)11-22(18)34-14-35-24/h6-7,9-11,14-15H,2,8,12-13H2,1,3-5H3,(H,33,36). The summed E-state index contributed by atoms with van der Waals surface area (Å²) in [6.07, 6.45) is -3.87. The maximum Gasteiger partial charge on any atom is 0.419 e. The van der Waals surface area contributed by atoms with Gasteiger partial charge in [0.15, 0.2) is 11.6 Å². The molecule has 11 heteroatoms. The minimum absolute atomic E-state index is 0.0154. The van der Waals surface area contributed by atoms with Crippen molar-refractivity contribution in [1.29, 1.82) is 0 Å². The summed E-state index contributed by atoms with van der Waals surface area (Å²) < 4.78 is 79.8. The van der Waals surface area contributed by atoms with E-state index in [-0.39, 0.29) is 41.2 Å². The molecule has 0 saturated carbocycles. The Kier molecular flexibility index (Phi) is 8.58. The Balaban J connectivity index is 1.73. The highest BCUT2D eigenvalue weighted by molar-refractivity contribution is 5.92. The number of fused-ring (bicyclic) bond motifs is 1. The number of alkyl carbamates (subject to hydrolysis) is 1. The second-order valence-electron chi connectivity index (χ2n) is 9.95. The van der Waals surface area contributed by atoms with Gasteiger partial charge in [-0.15, -0.1) is 0 Å². The van der Waals surface area contributed by atoms with Gasteiger partial charge in [-0.1, -0.05) is 13.5 Å². The van der Waals surface area contributed by atoms with Gasteiger partial charge in [-0.25, -0.2) is 23.5 Å². The van der Waals surface area contributed by atoms with Crippen molar-refractivity contribution in [1.82, 2.24) is 15.3 Å². The molecule has 1 aromatic heterocycles. The van der Waals surface area contributed by atoms with Gasteiger partial charge in [-0.2, -0.15) is 13.2 Å². The van der Waals surface area contributed by atoms with Crippen molar-refractivity contribution in [3.63, 3.8) is 0 Å². The summed E-state index contributed by atoms with van der Waals surface area (Å²) in [5.41, 5.74) is -1.07. The van der Waals surface area contributed by atoms with E-state index in [1.807, 2.05) is 6.92 Å². The predicted octanol–water partition coefficient (Wildman–Crippen LogP) is 7.08. The maximum absolute atomic E-state index is 13.9. The number of nitrogens with zero attached hydrogens (tertiary/aromatic N) is 2. The topological polar surface area (TPSA) is 73.3 Å². The molecule has 0 aliphatic heterocycles. The van der Waals surface area contributed by atoms with E-state index in [1.54, 1.807) is 20.8 Å². The Morgan fingerprint density at radius 2 is 1.76 bits per heavy atom. The minimum atomic E-state index is -4.77. The van der Waals surface area contributed by atoms with Crippen LogP contribution in [0.5, 0.6) is 5.75 Å². The lowest BCUT2D eigenvalue weighted by molar-refractivity contribution is -0.138. The zero-order chi connectivity index (χ0) is 28.3. The molecule has 1 atom stereocenters. The minimum Gasteiger partial charge on any atom is -0.489 e. The molecule has 0 bridgehead atoms. The van der Waals surface area contributed by atoms with Crippen molar-refractivity contribution < 1.29 is 36.2 Å². The summed E-state index contributed by atoms with van der Waals surface area (Å²) in [5, 5.41) is 2.71. The number of carbonyl (C=O) groups excluding carboxylic acids is 1. The maximum atomic E-state index is 13.9. The monoisotopic (exact) mass is 537 g/mol. The van der Waals surface area contributed by atoms with E-state index in [9.17, 15) is 26.7 Å². The van der Waals surface area contributed by atoms with E-state index in [0.717, 1.165) is 30.6 Å². The van der Waals surface area contributed by atoms with Crippen molar-refractivity contribution in [2.45, 2.75) is 45.9 Å². The molecule has 204 valence electrons. The van der Waals surface area contributed by atoms with Gasteiger partial charge in [0, 0.05) is 23.6 Å². The SMILES string of the molecule is C=C(COc1ccc(-c2ncnc3cc(F)c(F)cc23)cc1C(F)(F)F)CC(C)CNC(=O)OC(C)(C)C. The van der Waals surface area contributed by atoms with Crippen LogP contribution in [0.3, 0.4) is 0 Å². The Morgan fingerprint density at radius 3 is 2.42 bits per heavy atom. The van der Waals surface area contributed by atoms with Gasteiger partial charge in [0.25, 0.3) is 0 Å². The molecule has 2 aromatic carbocycles. The first-order valence-corrected chi connectivity index (χ1v) is 11.7. The third-order valence-corrected chi connectivity index (χ3v) is 5.30. The molecular weight excluding hydrogens is 509 g/mol. The average Bonchev–Trinajstić information content (AvgIpc) is 2.80. The Bertz CT molecular complexity index is 1340. The number of carbonyl (C=O) groups is 1. The number of aromatic nitrogens is 2. The number of ether oxygens (including phenoxy) is 2. The van der Waals surface area contributed by atoms with Crippen LogP contribution in [0, 0.1) is 17.6 Å². The van der Waals surface area contributed by atoms with Gasteiger partial charge in [0.1, 0.15) is 24.3 Å². The van der Waals surface area contributed by atoms with Crippen LogP contribution in [0.25, 0.3) is 22.2 Å². The fourth-order valence-corrected chi connectivity index (χ4v) is 3.68. The zero-order valence-electron chi connectivity index (χ0n) is 21.4. The lowest BCUT2D eigenvalue weighted by atomic mass is 10.0. The average molecular weight is 538 g/mol. The highest BCUT2D eigenvalue weighted by Gasteiger charge is 2.35. The number of benzene rings is 2. The predicted molar refractivity (Wildman–Crippen MR) is 133 cm³/mol. The molecule has 0 aliphatic carbocycles. The van der Waals surface area contributed by atoms with Gasteiger partial charge in [0.05, 0.1) is 16.8 Å². The van der Waals surface area contributed by atoms with Crippen molar-refractivity contribution in [3.05, 3.63) is 66.0 Å². The number of rotatable bonds is 8. The van der Waals surface area contributed by atoms with Crippen molar-refractivity contribution in [3.8, 4) is 17.0 Å². The third-order valence-electron chi connectivity index (χ3n) is 5.30. The molecular formula is C27H28F5N3O3. The summed E-state index contributed by atoms with van der Waals surface area (Å²) in [4.78, 5) is 19.7. The zero-order valence-corrected chi connectivity index (χ0v) is 21.4. The largest absolute Gasteiger partial charge is 0.489 e. The van der Waals surface area contributed by atoms with E-state index in [4.69, 9.17) is 9.47 Å². The van der Waals surface area contributed by atoms with Crippen molar-refractivity contribution >= 4 is 17.0 Å². The summed E-state index contributed by atoms with van der Waals surface area (Å²) >= 11 is 0. The van der Waals surface area contributed by atoms with Crippen molar-refractivity contribution in [2.24, 2.45) is 5.92 Å². The lowest BCUT2D eigenvalue weighted by Crippen LogP contribution is -2.35. The molecule has 0 aliphatic rings. The molecule has 3 aromatic rings. The molecule has 0 saturated heterocycles. The fourth-order valence-electron chi connectivity index (χ4n) is 3.68. The summed E-state index contributed by atoms with van der Waals surface area (Å²) in [5.74, 6) is -2.78. The molecule has 0 spiro atoms. The molecule has 38 heavy (non-hydrogen) atoms. The van der Waals surface area contributed by atoms with E-state index in [1.165, 1.54) is 6.07 Å². The van der Waals surface area contributed by atoms with Crippen LogP contribution in [0.2, 0.25) is 0 Å². The van der Waals surface area contributed by atoms with E-state index < -0.39 is 40.8 Å². The molecule has 1 unspecified atom stereocenters. The Hall–Kier alpha value is -3.76. The normalized spacial score (nSPS) is 12.8. The van der Waals surface area contributed by atoms with Gasteiger partial charge < -0.3 is 14.8 Å². The second-order valence-corrected chi connectivity index (χ2v) is 9.95.